The zero-order valence-corrected chi connectivity index (χ0v) is 8.14. The Morgan fingerprint density at radius 2 is 2.50 bits per heavy atom. The second-order valence-corrected chi connectivity index (χ2v) is 3.17. The van der Waals surface area contributed by atoms with Crippen LogP contribution in [0.25, 0.3) is 0 Å². The number of nitrogens with zero attached hydrogens (tertiary/aromatic N) is 1. The molecule has 58 valence electrons. The molecule has 0 rings (SSSR count). The first-order valence-electron chi connectivity index (χ1n) is 2.76. The molecule has 0 amide bonds. The number of carboxylic acids is 1. The monoisotopic (exact) mass is 227 g/mol. The van der Waals surface area contributed by atoms with Gasteiger partial charge in [0.1, 0.15) is 0 Å². The van der Waals surface area contributed by atoms with Crippen LogP contribution in [0.1, 0.15) is 6.42 Å². The number of rotatable bonds is 5. The Kier molecular flexibility index (Phi) is 5.97. The fourth-order valence-corrected chi connectivity index (χ4v) is 1.32. The molecular weight excluding hydrogens is 217 g/mol. The van der Waals surface area contributed by atoms with E-state index >= 15 is 0 Å². The molecule has 0 radical (unpaired) electrons. The van der Waals surface area contributed by atoms with E-state index < -0.39 is 12.0 Å². The molecule has 0 aromatic carbocycles. The Bertz CT molecular complexity index is 131. The molecule has 10 heavy (non-hydrogen) atoms. The molecule has 0 unspecified atom stereocenters. The summed E-state index contributed by atoms with van der Waals surface area (Å²) >= 11 is 3.99. The van der Waals surface area contributed by atoms with Crippen molar-refractivity contribution in [2.75, 3.05) is 12.0 Å². The van der Waals surface area contributed by atoms with Crippen molar-refractivity contribution in [3.05, 3.63) is 0 Å². The van der Waals surface area contributed by atoms with Crippen LogP contribution in [0.2, 0.25) is 0 Å². The Hall–Kier alpha value is 0.139. The maximum absolute atomic E-state index is 10.3. The number of carbonyl (C=O) groups is 1. The second kappa shape index (κ2) is 5.89. The van der Waals surface area contributed by atoms with Gasteiger partial charge >= 0.3 is 71.9 Å². The van der Waals surface area contributed by atoms with E-state index in [0.29, 0.717) is 6.42 Å². The van der Waals surface area contributed by atoms with Gasteiger partial charge < -0.3 is 0 Å². The van der Waals surface area contributed by atoms with Crippen LogP contribution < -0.4 is 0 Å². The van der Waals surface area contributed by atoms with Crippen molar-refractivity contribution in [2.24, 2.45) is 3.96 Å². The van der Waals surface area contributed by atoms with Gasteiger partial charge in [-0.05, 0) is 0 Å². The Balaban J connectivity index is 3.60. The summed E-state index contributed by atoms with van der Waals surface area (Å²) in [4.78, 5) is 10.3. The Morgan fingerprint density at radius 3 is 2.80 bits per heavy atom. The quantitative estimate of drug-likeness (QED) is 0.696. The molecule has 1 N–H and O–H groups in total. The average molecular weight is 226 g/mol. The summed E-state index contributed by atoms with van der Waals surface area (Å²) in [7, 11) is 0. The van der Waals surface area contributed by atoms with Gasteiger partial charge in [0, 0.05) is 0 Å². The van der Waals surface area contributed by atoms with E-state index in [1.165, 1.54) is 0 Å². The zero-order chi connectivity index (χ0) is 7.98. The molecule has 0 aliphatic carbocycles. The third-order valence-corrected chi connectivity index (χ3v) is 2.19. The minimum atomic E-state index is -0.854. The van der Waals surface area contributed by atoms with Crippen LogP contribution in [0.4, 0.5) is 0 Å². The first kappa shape index (κ1) is 10.1. The fourth-order valence-electron chi connectivity index (χ4n) is 0.451. The molecule has 5 heteroatoms. The number of aliphatic carboxylic acids is 1. The zero-order valence-electron chi connectivity index (χ0n) is 5.61. The van der Waals surface area contributed by atoms with Crippen LogP contribution in [-0.4, -0.2) is 44.9 Å². The van der Waals surface area contributed by atoms with Gasteiger partial charge in [0.25, 0.3) is 0 Å². The Morgan fingerprint density at radius 1 is 1.90 bits per heavy atom. The third-order valence-electron chi connectivity index (χ3n) is 1.01. The first-order chi connectivity index (χ1) is 4.72. The van der Waals surface area contributed by atoms with E-state index in [9.17, 15) is 4.79 Å². The fraction of sp³-hybridized carbons (Fsp3) is 0.800. The molecule has 0 aliphatic heterocycles. The van der Waals surface area contributed by atoms with E-state index in [1.807, 2.05) is 6.26 Å². The van der Waals surface area contributed by atoms with Crippen LogP contribution in [0.3, 0.4) is 0 Å². The molecule has 0 heterocycles. The molecule has 0 aliphatic rings. The summed E-state index contributed by atoms with van der Waals surface area (Å²) in [5.41, 5.74) is 0. The second-order valence-electron chi connectivity index (χ2n) is 1.74. The maximum atomic E-state index is 10.3. The SMILES string of the molecule is CSCC[C@H](N=[Se])C(=O)O. The van der Waals surface area contributed by atoms with E-state index in [1.54, 1.807) is 11.8 Å². The van der Waals surface area contributed by atoms with E-state index in [-0.39, 0.29) is 0 Å². The van der Waals surface area contributed by atoms with Crippen LogP contribution in [0.5, 0.6) is 0 Å². The van der Waals surface area contributed by atoms with Crippen LogP contribution in [0, 0.1) is 0 Å². The molecule has 0 fully saturated rings. The van der Waals surface area contributed by atoms with Gasteiger partial charge in [-0.25, -0.2) is 0 Å². The standard InChI is InChI=1S/C5H9NO2SSe/c1-9-3-2-4(6-10)5(7)8/h4H,2-3H2,1H3,(H,7,8)/t4-/m0/s1. The number of hydrogen-bond acceptors (Lipinski definition) is 3. The molecule has 3 nitrogen and oxygen atoms in total. The summed E-state index contributed by atoms with van der Waals surface area (Å²) in [5.74, 6) is -0.0184. The van der Waals surface area contributed by atoms with Crippen molar-refractivity contribution < 1.29 is 9.90 Å². The van der Waals surface area contributed by atoms with Gasteiger partial charge in [-0.15, -0.1) is 0 Å². The summed E-state index contributed by atoms with van der Waals surface area (Å²) in [6.45, 7) is 0. The van der Waals surface area contributed by atoms with Crippen LogP contribution >= 0.6 is 11.8 Å². The summed E-state index contributed by atoms with van der Waals surface area (Å²) in [6, 6.07) is -0.563. The summed E-state index contributed by atoms with van der Waals surface area (Å²) in [5, 5.41) is 8.48. The molecular formula is C5H9NO2SSe. The molecule has 1 atom stereocenters. The van der Waals surface area contributed by atoms with Crippen molar-refractivity contribution in [1.82, 2.24) is 0 Å². The molecule has 0 aromatic heterocycles. The van der Waals surface area contributed by atoms with Crippen molar-refractivity contribution in [3.8, 4) is 0 Å². The first-order valence-corrected chi connectivity index (χ1v) is 4.92. The van der Waals surface area contributed by atoms with Gasteiger partial charge in [0.05, 0.1) is 0 Å². The molecule has 0 saturated carbocycles. The van der Waals surface area contributed by atoms with Gasteiger partial charge in [-0.3, -0.25) is 0 Å². The topological polar surface area (TPSA) is 49.7 Å². The van der Waals surface area contributed by atoms with Crippen molar-refractivity contribution in [2.45, 2.75) is 12.5 Å². The van der Waals surface area contributed by atoms with Crippen molar-refractivity contribution in [3.63, 3.8) is 0 Å². The summed E-state index contributed by atoms with van der Waals surface area (Å²) in [6.07, 6.45) is 2.54. The van der Waals surface area contributed by atoms with Crippen LogP contribution in [0.15, 0.2) is 3.96 Å². The van der Waals surface area contributed by atoms with Crippen molar-refractivity contribution in [1.29, 1.82) is 0 Å². The predicted molar refractivity (Wildman–Crippen MR) is 42.6 cm³/mol. The van der Waals surface area contributed by atoms with Crippen LogP contribution in [-0.2, 0) is 4.79 Å². The van der Waals surface area contributed by atoms with Crippen molar-refractivity contribution >= 4 is 33.5 Å². The van der Waals surface area contributed by atoms with E-state index in [2.05, 4.69) is 19.8 Å². The predicted octanol–water partition coefficient (Wildman–Crippen LogP) is 0.545. The van der Waals surface area contributed by atoms with E-state index in [4.69, 9.17) is 5.11 Å². The minimum absolute atomic E-state index is 0.563. The molecule has 0 aromatic rings. The summed E-state index contributed by atoms with van der Waals surface area (Å²) < 4.78 is 3.59. The number of thioether (sulfide) groups is 1. The van der Waals surface area contributed by atoms with Gasteiger partial charge in [-0.2, -0.15) is 0 Å². The van der Waals surface area contributed by atoms with Gasteiger partial charge in [-0.1, -0.05) is 0 Å². The average Bonchev–Trinajstić information content (AvgIpc) is 1.89. The normalized spacial score (nSPS) is 12.5. The molecule has 0 bridgehead atoms. The number of hydrogen-bond donors (Lipinski definition) is 1. The number of carboxylic acid groups (broad SMARTS) is 1. The third kappa shape index (κ3) is 4.04. The van der Waals surface area contributed by atoms with Gasteiger partial charge in [0.2, 0.25) is 0 Å². The molecule has 0 saturated heterocycles. The Labute approximate surface area is 72.2 Å². The molecule has 0 spiro atoms. The van der Waals surface area contributed by atoms with Gasteiger partial charge in [0.15, 0.2) is 0 Å². The van der Waals surface area contributed by atoms with E-state index in [0.717, 1.165) is 5.75 Å².